The lowest BCUT2D eigenvalue weighted by atomic mass is 10.3. The fourth-order valence-electron chi connectivity index (χ4n) is 1.26. The van der Waals surface area contributed by atoms with Gasteiger partial charge in [-0.25, -0.2) is 0 Å². The van der Waals surface area contributed by atoms with Gasteiger partial charge >= 0.3 is 5.69 Å². The van der Waals surface area contributed by atoms with E-state index in [0.29, 0.717) is 0 Å². The van der Waals surface area contributed by atoms with Crippen molar-refractivity contribution in [3.8, 4) is 17.2 Å². The van der Waals surface area contributed by atoms with Crippen molar-refractivity contribution >= 4 is 5.69 Å². The molecule has 0 saturated heterocycles. The van der Waals surface area contributed by atoms with E-state index in [1.54, 1.807) is 12.1 Å². The highest BCUT2D eigenvalue weighted by Crippen LogP contribution is 2.34. The molecule has 0 aliphatic rings. The average molecular weight is 232 g/mol. The van der Waals surface area contributed by atoms with Crippen LogP contribution >= 0.6 is 0 Å². The number of hydrogen-bond donors (Lipinski definition) is 1. The molecule has 0 saturated carbocycles. The molecule has 1 N–H and O–H groups in total. The summed E-state index contributed by atoms with van der Waals surface area (Å²) in [6, 6.07) is 7.59. The van der Waals surface area contributed by atoms with Crippen LogP contribution in [0.2, 0.25) is 0 Å². The quantitative estimate of drug-likeness (QED) is 0.649. The SMILES string of the molecule is O=[N+]([O-])c1cnccc1Oc1ccccc1O. The van der Waals surface area contributed by atoms with E-state index in [9.17, 15) is 15.2 Å². The minimum Gasteiger partial charge on any atom is -0.504 e. The highest BCUT2D eigenvalue weighted by Gasteiger charge is 2.16. The molecule has 0 spiro atoms. The van der Waals surface area contributed by atoms with Crippen LogP contribution in [-0.4, -0.2) is 15.0 Å². The van der Waals surface area contributed by atoms with E-state index in [1.165, 1.54) is 24.4 Å². The van der Waals surface area contributed by atoms with Crippen LogP contribution in [0, 0.1) is 10.1 Å². The Morgan fingerprint density at radius 3 is 2.71 bits per heavy atom. The van der Waals surface area contributed by atoms with Crippen LogP contribution in [0.5, 0.6) is 17.2 Å². The Hall–Kier alpha value is -2.63. The second kappa shape index (κ2) is 4.48. The van der Waals surface area contributed by atoms with Gasteiger partial charge in [0.25, 0.3) is 0 Å². The summed E-state index contributed by atoms with van der Waals surface area (Å²) in [6.07, 6.45) is 2.47. The highest BCUT2D eigenvalue weighted by atomic mass is 16.6. The fourth-order valence-corrected chi connectivity index (χ4v) is 1.26. The number of benzene rings is 1. The van der Waals surface area contributed by atoms with Crippen LogP contribution in [0.25, 0.3) is 0 Å². The maximum Gasteiger partial charge on any atom is 0.329 e. The molecule has 0 bridgehead atoms. The van der Waals surface area contributed by atoms with E-state index in [2.05, 4.69) is 4.98 Å². The van der Waals surface area contributed by atoms with Crippen molar-refractivity contribution in [2.24, 2.45) is 0 Å². The second-order valence-corrected chi connectivity index (χ2v) is 3.17. The van der Waals surface area contributed by atoms with Gasteiger partial charge < -0.3 is 9.84 Å². The Balaban J connectivity index is 2.37. The van der Waals surface area contributed by atoms with Gasteiger partial charge in [-0.05, 0) is 12.1 Å². The van der Waals surface area contributed by atoms with Crippen molar-refractivity contribution in [3.63, 3.8) is 0 Å². The number of rotatable bonds is 3. The lowest BCUT2D eigenvalue weighted by Gasteiger charge is -2.06. The maximum absolute atomic E-state index is 10.7. The summed E-state index contributed by atoms with van der Waals surface area (Å²) in [5.74, 6) is 0.104. The van der Waals surface area contributed by atoms with Gasteiger partial charge in [-0.3, -0.25) is 15.1 Å². The van der Waals surface area contributed by atoms with E-state index in [1.807, 2.05) is 0 Å². The molecule has 6 nitrogen and oxygen atoms in total. The number of nitro groups is 1. The van der Waals surface area contributed by atoms with Gasteiger partial charge in [0.2, 0.25) is 5.75 Å². The highest BCUT2D eigenvalue weighted by molar-refractivity contribution is 5.48. The molecule has 1 aromatic carbocycles. The lowest BCUT2D eigenvalue weighted by Crippen LogP contribution is -1.94. The summed E-state index contributed by atoms with van der Waals surface area (Å²) in [5.41, 5.74) is -0.254. The second-order valence-electron chi connectivity index (χ2n) is 3.17. The van der Waals surface area contributed by atoms with Gasteiger partial charge in [0.05, 0.1) is 4.92 Å². The molecular formula is C11H8N2O4. The Bertz CT molecular complexity index is 557. The number of phenolic OH excluding ortho intramolecular Hbond substituents is 1. The summed E-state index contributed by atoms with van der Waals surface area (Å²) >= 11 is 0. The smallest absolute Gasteiger partial charge is 0.329 e. The lowest BCUT2D eigenvalue weighted by molar-refractivity contribution is -0.386. The van der Waals surface area contributed by atoms with E-state index in [4.69, 9.17) is 4.74 Å². The third-order valence-electron chi connectivity index (χ3n) is 2.04. The summed E-state index contributed by atoms with van der Waals surface area (Å²) in [4.78, 5) is 13.8. The van der Waals surface area contributed by atoms with Crippen LogP contribution < -0.4 is 4.74 Å². The van der Waals surface area contributed by atoms with E-state index >= 15 is 0 Å². The molecule has 6 heteroatoms. The van der Waals surface area contributed by atoms with Gasteiger partial charge in [-0.15, -0.1) is 0 Å². The molecule has 17 heavy (non-hydrogen) atoms. The molecule has 0 atom stereocenters. The monoisotopic (exact) mass is 232 g/mol. The first kappa shape index (κ1) is 10.9. The summed E-state index contributed by atoms with van der Waals surface area (Å²) in [6.45, 7) is 0. The predicted octanol–water partition coefficient (Wildman–Crippen LogP) is 2.49. The Labute approximate surface area is 96.3 Å². The number of hydrogen-bond acceptors (Lipinski definition) is 5. The molecule has 0 fully saturated rings. The summed E-state index contributed by atoms with van der Waals surface area (Å²) in [7, 11) is 0. The van der Waals surface area contributed by atoms with Crippen LogP contribution in [0.4, 0.5) is 5.69 Å². The van der Waals surface area contributed by atoms with E-state index in [0.717, 1.165) is 6.20 Å². The topological polar surface area (TPSA) is 85.5 Å². The number of nitrogens with zero attached hydrogens (tertiary/aromatic N) is 2. The van der Waals surface area contributed by atoms with Gasteiger partial charge in [0, 0.05) is 12.3 Å². The first-order valence-corrected chi connectivity index (χ1v) is 4.73. The Morgan fingerprint density at radius 2 is 2.00 bits per heavy atom. The molecule has 1 heterocycles. The fraction of sp³-hybridized carbons (Fsp3) is 0. The van der Waals surface area contributed by atoms with E-state index < -0.39 is 4.92 Å². The standard InChI is InChI=1S/C11H8N2O4/c14-9-3-1-2-4-11(9)17-10-5-6-12-7-8(10)13(15)16/h1-7,14H. The molecule has 1 aromatic heterocycles. The van der Waals surface area contributed by atoms with Crippen molar-refractivity contribution in [2.45, 2.75) is 0 Å². The van der Waals surface area contributed by atoms with Crippen molar-refractivity contribution in [3.05, 3.63) is 52.8 Å². The zero-order valence-corrected chi connectivity index (χ0v) is 8.61. The van der Waals surface area contributed by atoms with Gasteiger partial charge in [-0.2, -0.15) is 0 Å². The van der Waals surface area contributed by atoms with Crippen LogP contribution in [-0.2, 0) is 0 Å². The maximum atomic E-state index is 10.7. The number of para-hydroxylation sites is 2. The normalized spacial score (nSPS) is 9.88. The van der Waals surface area contributed by atoms with Crippen molar-refractivity contribution < 1.29 is 14.8 Å². The van der Waals surface area contributed by atoms with Gasteiger partial charge in [0.15, 0.2) is 11.5 Å². The number of ether oxygens (including phenoxy) is 1. The first-order valence-electron chi connectivity index (χ1n) is 4.73. The number of phenols is 1. The number of pyridine rings is 1. The third-order valence-corrected chi connectivity index (χ3v) is 2.04. The average Bonchev–Trinajstić information content (AvgIpc) is 2.32. The Morgan fingerprint density at radius 1 is 1.24 bits per heavy atom. The van der Waals surface area contributed by atoms with Crippen molar-refractivity contribution in [1.29, 1.82) is 0 Å². The third kappa shape index (κ3) is 2.31. The molecule has 2 aromatic rings. The molecule has 0 unspecified atom stereocenters. The Kier molecular flexibility index (Phi) is 2.87. The minimum atomic E-state index is -0.595. The first-order chi connectivity index (χ1) is 8.18. The summed E-state index contributed by atoms with van der Waals surface area (Å²) in [5, 5.41) is 20.2. The van der Waals surface area contributed by atoms with Crippen molar-refractivity contribution in [1.82, 2.24) is 4.98 Å². The molecule has 0 amide bonds. The largest absolute Gasteiger partial charge is 0.504 e. The number of aromatic hydroxyl groups is 1. The predicted molar refractivity (Wildman–Crippen MR) is 59.1 cm³/mol. The zero-order chi connectivity index (χ0) is 12.3. The van der Waals surface area contributed by atoms with Gasteiger partial charge in [0.1, 0.15) is 6.20 Å². The molecule has 2 rings (SSSR count). The molecule has 0 aliphatic carbocycles. The molecule has 86 valence electrons. The number of aromatic nitrogens is 1. The molecule has 0 aliphatic heterocycles. The minimum absolute atomic E-state index is 0.0338. The summed E-state index contributed by atoms with van der Waals surface area (Å²) < 4.78 is 5.27. The molecular weight excluding hydrogens is 224 g/mol. The van der Waals surface area contributed by atoms with Gasteiger partial charge in [-0.1, -0.05) is 12.1 Å². The molecule has 0 radical (unpaired) electrons. The van der Waals surface area contributed by atoms with Crippen molar-refractivity contribution in [2.75, 3.05) is 0 Å². The van der Waals surface area contributed by atoms with Crippen LogP contribution in [0.1, 0.15) is 0 Å². The van der Waals surface area contributed by atoms with E-state index in [-0.39, 0.29) is 22.9 Å². The van der Waals surface area contributed by atoms with Crippen LogP contribution in [0.15, 0.2) is 42.7 Å². The van der Waals surface area contributed by atoms with Crippen LogP contribution in [0.3, 0.4) is 0 Å². The zero-order valence-electron chi connectivity index (χ0n) is 8.61.